The van der Waals surface area contributed by atoms with Crippen LogP contribution >= 0.6 is 11.8 Å². The van der Waals surface area contributed by atoms with Gasteiger partial charge in [0, 0.05) is 5.25 Å². The summed E-state index contributed by atoms with van der Waals surface area (Å²) in [6.07, 6.45) is 3.50. The molecule has 122 valence electrons. The fourth-order valence-electron chi connectivity index (χ4n) is 2.44. The minimum Gasteiger partial charge on any atom is -0.464 e. The number of thioether (sulfide) groups is 1. The molecule has 5 nitrogen and oxygen atoms in total. The maximum absolute atomic E-state index is 12.1. The van der Waals surface area contributed by atoms with Crippen molar-refractivity contribution in [3.63, 3.8) is 0 Å². The van der Waals surface area contributed by atoms with Crippen molar-refractivity contribution in [3.05, 3.63) is 0 Å². The average molecular weight is 316 g/mol. The van der Waals surface area contributed by atoms with Crippen LogP contribution in [0.5, 0.6) is 0 Å². The van der Waals surface area contributed by atoms with Crippen molar-refractivity contribution in [3.8, 4) is 0 Å². The second-order valence-electron chi connectivity index (χ2n) is 5.92. The van der Waals surface area contributed by atoms with Crippen molar-refractivity contribution in [2.75, 3.05) is 12.4 Å². The third-order valence-electron chi connectivity index (χ3n) is 3.47. The summed E-state index contributed by atoms with van der Waals surface area (Å²) in [5.74, 6) is 0.859. The van der Waals surface area contributed by atoms with Crippen LogP contribution in [0.2, 0.25) is 0 Å². The van der Waals surface area contributed by atoms with E-state index in [9.17, 15) is 9.59 Å². The molecule has 2 unspecified atom stereocenters. The summed E-state index contributed by atoms with van der Waals surface area (Å²) in [6.45, 7) is 6.13. The number of nitrogens with two attached hydrogens (primary N) is 1. The summed E-state index contributed by atoms with van der Waals surface area (Å²) in [6, 6.07) is -1.15. The molecule has 0 aromatic rings. The van der Waals surface area contributed by atoms with Crippen LogP contribution in [0.4, 0.5) is 0 Å². The largest absolute Gasteiger partial charge is 0.464 e. The maximum atomic E-state index is 12.1. The molecule has 1 amide bonds. The Balaban J connectivity index is 2.58. The first-order chi connectivity index (χ1) is 9.93. The average Bonchev–Trinajstić information content (AvgIpc) is 2.90. The van der Waals surface area contributed by atoms with E-state index in [1.165, 1.54) is 6.42 Å². The Morgan fingerprint density at radius 1 is 1.43 bits per heavy atom. The lowest BCUT2D eigenvalue weighted by Gasteiger charge is -2.22. The summed E-state index contributed by atoms with van der Waals surface area (Å²) >= 11 is 1.86. The minimum absolute atomic E-state index is 0.259. The van der Waals surface area contributed by atoms with Gasteiger partial charge >= 0.3 is 5.97 Å². The minimum atomic E-state index is -0.578. The smallest absolute Gasteiger partial charge is 0.328 e. The molecule has 0 radical (unpaired) electrons. The molecule has 0 bridgehead atoms. The van der Waals surface area contributed by atoms with E-state index >= 15 is 0 Å². The monoisotopic (exact) mass is 316 g/mol. The maximum Gasteiger partial charge on any atom is 0.328 e. The molecule has 21 heavy (non-hydrogen) atoms. The molecule has 6 heteroatoms. The summed E-state index contributed by atoms with van der Waals surface area (Å²) < 4.78 is 5.07. The molecular formula is C15H28N2O3S. The number of rotatable bonds is 8. The van der Waals surface area contributed by atoms with E-state index in [0.717, 1.165) is 12.2 Å². The molecule has 1 aliphatic heterocycles. The van der Waals surface area contributed by atoms with Gasteiger partial charge in [0.2, 0.25) is 5.91 Å². The summed E-state index contributed by atoms with van der Waals surface area (Å²) in [4.78, 5) is 24.1. The lowest BCUT2D eigenvalue weighted by molar-refractivity contribution is -0.147. The molecule has 1 fully saturated rings. The fraction of sp³-hybridized carbons (Fsp3) is 0.867. The van der Waals surface area contributed by atoms with Crippen molar-refractivity contribution in [2.45, 2.75) is 63.8 Å². The van der Waals surface area contributed by atoms with E-state index in [2.05, 4.69) is 5.32 Å². The molecule has 3 N–H and O–H groups in total. The highest BCUT2D eigenvalue weighted by atomic mass is 32.2. The Kier molecular flexibility index (Phi) is 8.11. The van der Waals surface area contributed by atoms with Crippen LogP contribution in [0, 0.1) is 5.92 Å². The predicted octanol–water partition coefficient (Wildman–Crippen LogP) is 1.69. The summed E-state index contributed by atoms with van der Waals surface area (Å²) in [5.41, 5.74) is 5.88. The number of ether oxygens (including phenoxy) is 1. The van der Waals surface area contributed by atoms with E-state index < -0.39 is 12.1 Å². The molecular weight excluding hydrogens is 288 g/mol. The van der Waals surface area contributed by atoms with Crippen molar-refractivity contribution in [2.24, 2.45) is 11.7 Å². The Labute approximate surface area is 131 Å². The zero-order valence-corrected chi connectivity index (χ0v) is 14.1. The SMILES string of the molecule is CCOC(=O)C(C[C@@H]1CCCS1)NC(=O)C(N)CC(C)C. The van der Waals surface area contributed by atoms with Gasteiger partial charge < -0.3 is 15.8 Å². The molecule has 1 heterocycles. The molecule has 0 saturated carbocycles. The highest BCUT2D eigenvalue weighted by molar-refractivity contribution is 8.00. The second kappa shape index (κ2) is 9.30. The standard InChI is InChI=1S/C15H28N2O3S/c1-4-20-15(19)13(9-11-6-5-7-21-11)17-14(18)12(16)8-10(2)3/h10-13H,4-9,16H2,1-3H3,(H,17,18)/t11-,12?,13?/m0/s1. The van der Waals surface area contributed by atoms with Crippen LogP contribution in [-0.4, -0.2) is 41.6 Å². The Morgan fingerprint density at radius 2 is 2.14 bits per heavy atom. The number of amides is 1. The third-order valence-corrected chi connectivity index (χ3v) is 4.90. The molecule has 0 aromatic carbocycles. The van der Waals surface area contributed by atoms with Gasteiger partial charge in [0.15, 0.2) is 0 Å². The quantitative estimate of drug-likeness (QED) is 0.666. The summed E-state index contributed by atoms with van der Waals surface area (Å²) in [7, 11) is 0. The van der Waals surface area contributed by atoms with Crippen LogP contribution < -0.4 is 11.1 Å². The first-order valence-electron chi connectivity index (χ1n) is 7.78. The first-order valence-corrected chi connectivity index (χ1v) is 8.83. The molecule has 0 aliphatic carbocycles. The van der Waals surface area contributed by atoms with Crippen molar-refractivity contribution < 1.29 is 14.3 Å². The van der Waals surface area contributed by atoms with Crippen LogP contribution in [0.15, 0.2) is 0 Å². The zero-order chi connectivity index (χ0) is 15.8. The van der Waals surface area contributed by atoms with Crippen LogP contribution in [0.3, 0.4) is 0 Å². The number of carbonyl (C=O) groups excluding carboxylic acids is 2. The van der Waals surface area contributed by atoms with Gasteiger partial charge in [-0.1, -0.05) is 13.8 Å². The lowest BCUT2D eigenvalue weighted by atomic mass is 10.0. The zero-order valence-electron chi connectivity index (χ0n) is 13.3. The molecule has 1 rings (SSSR count). The normalized spacial score (nSPS) is 21.1. The van der Waals surface area contributed by atoms with Crippen molar-refractivity contribution >= 4 is 23.6 Å². The first kappa shape index (κ1) is 18.3. The number of carbonyl (C=O) groups is 2. The Morgan fingerprint density at radius 3 is 2.67 bits per heavy atom. The van der Waals surface area contributed by atoms with Gasteiger partial charge in [0.25, 0.3) is 0 Å². The number of hydrogen-bond donors (Lipinski definition) is 2. The number of esters is 1. The van der Waals surface area contributed by atoms with E-state index in [1.54, 1.807) is 6.92 Å². The van der Waals surface area contributed by atoms with Gasteiger partial charge in [0.1, 0.15) is 6.04 Å². The van der Waals surface area contributed by atoms with Crippen LogP contribution in [0.25, 0.3) is 0 Å². The predicted molar refractivity (Wildman–Crippen MR) is 86.1 cm³/mol. The number of nitrogens with one attached hydrogen (secondary N) is 1. The van der Waals surface area contributed by atoms with Gasteiger partial charge in [-0.3, -0.25) is 4.79 Å². The number of hydrogen-bond acceptors (Lipinski definition) is 5. The third kappa shape index (κ3) is 6.70. The van der Waals surface area contributed by atoms with Crippen LogP contribution in [0.1, 0.15) is 46.5 Å². The van der Waals surface area contributed by atoms with Gasteiger partial charge in [-0.15, -0.1) is 0 Å². The van der Waals surface area contributed by atoms with Gasteiger partial charge in [-0.05, 0) is 44.3 Å². The topological polar surface area (TPSA) is 81.4 Å². The van der Waals surface area contributed by atoms with Gasteiger partial charge in [-0.2, -0.15) is 11.8 Å². The lowest BCUT2D eigenvalue weighted by Crippen LogP contribution is -2.50. The highest BCUT2D eigenvalue weighted by Gasteiger charge is 2.29. The molecule has 1 saturated heterocycles. The summed E-state index contributed by atoms with van der Waals surface area (Å²) in [5, 5.41) is 3.20. The van der Waals surface area contributed by atoms with Crippen molar-refractivity contribution in [1.82, 2.24) is 5.32 Å². The Hall–Kier alpha value is -0.750. The van der Waals surface area contributed by atoms with Gasteiger partial charge in [0.05, 0.1) is 12.6 Å². The van der Waals surface area contributed by atoms with E-state index in [1.807, 2.05) is 25.6 Å². The Bertz CT molecular complexity index is 344. The fourth-order valence-corrected chi connectivity index (χ4v) is 3.77. The van der Waals surface area contributed by atoms with E-state index in [-0.39, 0.29) is 11.9 Å². The molecule has 0 aromatic heterocycles. The highest BCUT2D eigenvalue weighted by Crippen LogP contribution is 2.29. The van der Waals surface area contributed by atoms with Gasteiger partial charge in [-0.25, -0.2) is 4.79 Å². The van der Waals surface area contributed by atoms with E-state index in [0.29, 0.717) is 30.6 Å². The molecule has 3 atom stereocenters. The molecule has 0 spiro atoms. The van der Waals surface area contributed by atoms with Crippen LogP contribution in [-0.2, 0) is 14.3 Å². The van der Waals surface area contributed by atoms with Crippen molar-refractivity contribution in [1.29, 1.82) is 0 Å². The second-order valence-corrected chi connectivity index (χ2v) is 7.33. The molecule has 1 aliphatic rings. The van der Waals surface area contributed by atoms with E-state index in [4.69, 9.17) is 10.5 Å².